The van der Waals surface area contributed by atoms with Crippen molar-refractivity contribution >= 4 is 22.7 Å². The number of hydrogen-bond donors (Lipinski definition) is 2. The van der Waals surface area contributed by atoms with Crippen molar-refractivity contribution in [2.75, 3.05) is 13.1 Å². The molecule has 2 atom stereocenters. The second-order valence-corrected chi connectivity index (χ2v) is 7.96. The number of piperidine rings is 1. The fourth-order valence-corrected chi connectivity index (χ4v) is 4.37. The number of rotatable bonds is 4. The van der Waals surface area contributed by atoms with E-state index in [1.807, 2.05) is 26.0 Å². The topological polar surface area (TPSA) is 78.1 Å². The van der Waals surface area contributed by atoms with Crippen molar-refractivity contribution in [1.29, 1.82) is 0 Å². The second-order valence-electron chi connectivity index (χ2n) is 7.96. The number of likely N-dealkylation sites (tertiary alicyclic amines) is 1. The van der Waals surface area contributed by atoms with Crippen LogP contribution in [0.25, 0.3) is 10.9 Å². The minimum atomic E-state index is -0.0965. The predicted octanol–water partition coefficient (Wildman–Crippen LogP) is 2.72. The Morgan fingerprint density at radius 2 is 2.27 bits per heavy atom. The first-order valence-corrected chi connectivity index (χ1v) is 9.54. The number of carbonyl (C=O) groups is 2. The number of H-pyrrole nitrogens is 1. The summed E-state index contributed by atoms with van der Waals surface area (Å²) in [4.78, 5) is 34.4. The van der Waals surface area contributed by atoms with Crippen LogP contribution < -0.4 is 5.32 Å². The number of aromatic amines is 1. The summed E-state index contributed by atoms with van der Waals surface area (Å²) in [5.41, 5.74) is 1.45. The van der Waals surface area contributed by atoms with Gasteiger partial charge in [0.2, 0.25) is 5.91 Å². The maximum Gasteiger partial charge on any atom is 0.267 e. The zero-order chi connectivity index (χ0) is 18.3. The van der Waals surface area contributed by atoms with Crippen molar-refractivity contribution in [3.63, 3.8) is 0 Å². The van der Waals surface area contributed by atoms with Gasteiger partial charge >= 0.3 is 0 Å². The fourth-order valence-electron chi connectivity index (χ4n) is 4.37. The summed E-state index contributed by atoms with van der Waals surface area (Å²) >= 11 is 0. The number of fused-ring (bicyclic) bond motifs is 1. The lowest BCUT2D eigenvalue weighted by molar-refractivity contribution is -0.139. The van der Waals surface area contributed by atoms with Crippen LogP contribution in [0.3, 0.4) is 0 Å². The Labute approximate surface area is 153 Å². The van der Waals surface area contributed by atoms with Gasteiger partial charge in [-0.1, -0.05) is 13.8 Å². The average Bonchev–Trinajstić information content (AvgIpc) is 3.13. The highest BCUT2D eigenvalue weighted by atomic mass is 16.2. The molecule has 1 spiro atoms. The third kappa shape index (κ3) is 2.87. The summed E-state index contributed by atoms with van der Waals surface area (Å²) in [6, 6.07) is 3.69. The Morgan fingerprint density at radius 3 is 3.04 bits per heavy atom. The molecular formula is C20H26N4O2. The number of carbonyl (C=O) groups excluding carboxylic acids is 2. The molecule has 0 radical (unpaired) electrons. The highest BCUT2D eigenvalue weighted by molar-refractivity contribution is 5.97. The van der Waals surface area contributed by atoms with E-state index in [0.29, 0.717) is 18.2 Å². The standard InChI is InChI=1S/C20H26N4O2/c1-13(2)19(26)24-8-4-3-6-20(24)10-15(20)12-22-18(25)17-9-14-11-21-7-5-16(14)23-17/h5,7,9,11,13,15,23H,3-4,6,8,10,12H2,1-2H3,(H,22,25). The molecule has 2 unspecified atom stereocenters. The molecule has 1 saturated heterocycles. The van der Waals surface area contributed by atoms with Gasteiger partial charge in [0, 0.05) is 53.8 Å². The first-order valence-electron chi connectivity index (χ1n) is 9.54. The number of hydrogen-bond acceptors (Lipinski definition) is 3. The van der Waals surface area contributed by atoms with Crippen LogP contribution in [0.2, 0.25) is 0 Å². The Morgan fingerprint density at radius 1 is 1.42 bits per heavy atom. The lowest BCUT2D eigenvalue weighted by Crippen LogP contribution is -2.49. The van der Waals surface area contributed by atoms with Crippen LogP contribution in [0.1, 0.15) is 50.0 Å². The molecule has 2 aromatic rings. The molecule has 138 valence electrons. The van der Waals surface area contributed by atoms with Crippen molar-refractivity contribution in [2.24, 2.45) is 11.8 Å². The maximum atomic E-state index is 12.6. The van der Waals surface area contributed by atoms with Gasteiger partial charge in [0.1, 0.15) is 5.69 Å². The molecule has 2 fully saturated rings. The molecule has 2 aromatic heterocycles. The number of nitrogens with zero attached hydrogens (tertiary/aromatic N) is 2. The maximum absolute atomic E-state index is 12.6. The molecule has 6 nitrogen and oxygen atoms in total. The Balaban J connectivity index is 1.40. The monoisotopic (exact) mass is 354 g/mol. The van der Waals surface area contributed by atoms with Gasteiger partial charge in [0.15, 0.2) is 0 Å². The first-order chi connectivity index (χ1) is 12.5. The molecular weight excluding hydrogens is 328 g/mol. The van der Waals surface area contributed by atoms with Crippen LogP contribution >= 0.6 is 0 Å². The highest BCUT2D eigenvalue weighted by Crippen LogP contribution is 2.54. The van der Waals surface area contributed by atoms with Crippen molar-refractivity contribution in [3.8, 4) is 0 Å². The largest absolute Gasteiger partial charge is 0.350 e. The van der Waals surface area contributed by atoms with Crippen LogP contribution in [-0.2, 0) is 4.79 Å². The van der Waals surface area contributed by atoms with E-state index in [-0.39, 0.29) is 23.3 Å². The Kier molecular flexibility index (Phi) is 4.21. The summed E-state index contributed by atoms with van der Waals surface area (Å²) in [5.74, 6) is 0.545. The van der Waals surface area contributed by atoms with E-state index in [0.717, 1.165) is 36.7 Å². The van der Waals surface area contributed by atoms with Gasteiger partial charge in [-0.2, -0.15) is 0 Å². The molecule has 1 aliphatic carbocycles. The average molecular weight is 354 g/mol. The predicted molar refractivity (Wildman–Crippen MR) is 99.7 cm³/mol. The van der Waals surface area contributed by atoms with Gasteiger partial charge in [-0.05, 0) is 37.8 Å². The summed E-state index contributed by atoms with van der Waals surface area (Å²) in [5, 5.41) is 3.99. The molecule has 2 amide bonds. The minimum absolute atomic E-state index is 0.0166. The SMILES string of the molecule is CC(C)C(=O)N1CCCCC12CC2CNC(=O)c1cc2cnccc2[nH]1. The van der Waals surface area contributed by atoms with Crippen LogP contribution in [0.15, 0.2) is 24.5 Å². The van der Waals surface area contributed by atoms with E-state index >= 15 is 0 Å². The van der Waals surface area contributed by atoms with Gasteiger partial charge < -0.3 is 15.2 Å². The molecule has 6 heteroatoms. The van der Waals surface area contributed by atoms with Gasteiger partial charge in [-0.3, -0.25) is 14.6 Å². The second kappa shape index (κ2) is 6.41. The molecule has 1 aliphatic heterocycles. The molecule has 2 N–H and O–H groups in total. The van der Waals surface area contributed by atoms with Crippen LogP contribution in [0.4, 0.5) is 0 Å². The molecule has 26 heavy (non-hydrogen) atoms. The lowest BCUT2D eigenvalue weighted by atomic mass is 9.95. The smallest absolute Gasteiger partial charge is 0.267 e. The fraction of sp³-hybridized carbons (Fsp3) is 0.550. The molecule has 0 aromatic carbocycles. The Hall–Kier alpha value is -2.37. The third-order valence-corrected chi connectivity index (χ3v) is 5.91. The van der Waals surface area contributed by atoms with E-state index < -0.39 is 0 Å². The zero-order valence-electron chi connectivity index (χ0n) is 15.4. The summed E-state index contributed by atoms with van der Waals surface area (Å²) in [6.07, 6.45) is 7.77. The molecule has 0 bridgehead atoms. The van der Waals surface area contributed by atoms with Gasteiger partial charge in [0.05, 0.1) is 0 Å². The Bertz CT molecular complexity index is 810. The summed E-state index contributed by atoms with van der Waals surface area (Å²) in [7, 11) is 0. The number of pyridine rings is 1. The third-order valence-electron chi connectivity index (χ3n) is 5.91. The molecule has 3 heterocycles. The summed E-state index contributed by atoms with van der Waals surface area (Å²) in [6.45, 7) is 5.41. The first kappa shape index (κ1) is 17.1. The molecule has 1 saturated carbocycles. The molecule has 2 aliphatic rings. The summed E-state index contributed by atoms with van der Waals surface area (Å²) < 4.78 is 0. The quantitative estimate of drug-likeness (QED) is 0.886. The van der Waals surface area contributed by atoms with E-state index in [1.54, 1.807) is 12.4 Å². The van der Waals surface area contributed by atoms with Gasteiger partial charge in [-0.15, -0.1) is 0 Å². The highest BCUT2D eigenvalue weighted by Gasteiger charge is 2.59. The normalized spacial score (nSPS) is 25.0. The van der Waals surface area contributed by atoms with Crippen molar-refractivity contribution in [2.45, 2.75) is 45.1 Å². The minimum Gasteiger partial charge on any atom is -0.350 e. The van der Waals surface area contributed by atoms with E-state index in [9.17, 15) is 9.59 Å². The van der Waals surface area contributed by atoms with Gasteiger partial charge in [-0.25, -0.2) is 0 Å². The van der Waals surface area contributed by atoms with Crippen LogP contribution in [0.5, 0.6) is 0 Å². The zero-order valence-corrected chi connectivity index (χ0v) is 15.4. The van der Waals surface area contributed by atoms with Crippen molar-refractivity contribution in [1.82, 2.24) is 20.2 Å². The number of amides is 2. The van der Waals surface area contributed by atoms with Crippen molar-refractivity contribution in [3.05, 3.63) is 30.2 Å². The van der Waals surface area contributed by atoms with Crippen molar-refractivity contribution < 1.29 is 9.59 Å². The molecule has 4 rings (SSSR count). The van der Waals surface area contributed by atoms with Gasteiger partial charge in [0.25, 0.3) is 5.91 Å². The van der Waals surface area contributed by atoms with Crippen LogP contribution in [0, 0.1) is 11.8 Å². The van der Waals surface area contributed by atoms with E-state index in [4.69, 9.17) is 0 Å². The number of aromatic nitrogens is 2. The lowest BCUT2D eigenvalue weighted by Gasteiger charge is -2.38. The van der Waals surface area contributed by atoms with E-state index in [2.05, 4.69) is 20.2 Å². The van der Waals surface area contributed by atoms with E-state index in [1.165, 1.54) is 6.42 Å². The van der Waals surface area contributed by atoms with Crippen LogP contribution in [-0.4, -0.2) is 45.3 Å². The number of nitrogens with one attached hydrogen (secondary N) is 2.